The van der Waals surface area contributed by atoms with Crippen LogP contribution in [0.25, 0.3) is 0 Å². The third-order valence-corrected chi connectivity index (χ3v) is 5.25. The molecule has 1 saturated heterocycles. The number of carbonyl (C=O) groups excluding carboxylic acids is 1. The van der Waals surface area contributed by atoms with Gasteiger partial charge in [0.1, 0.15) is 6.04 Å². The lowest BCUT2D eigenvalue weighted by Crippen LogP contribution is -2.37. The Labute approximate surface area is 149 Å². The number of hydrogen-bond acceptors (Lipinski definition) is 7. The van der Waals surface area contributed by atoms with E-state index in [1.54, 1.807) is 24.3 Å². The van der Waals surface area contributed by atoms with Crippen LogP contribution in [0, 0.1) is 10.1 Å². The molecule has 1 heterocycles. The van der Waals surface area contributed by atoms with Crippen molar-refractivity contribution in [2.45, 2.75) is 17.4 Å². The zero-order chi connectivity index (χ0) is 18.7. The van der Waals surface area contributed by atoms with E-state index in [0.717, 1.165) is 0 Å². The number of nitrogens with one attached hydrogen (secondary N) is 2. The van der Waals surface area contributed by atoms with E-state index in [1.165, 1.54) is 24.3 Å². The van der Waals surface area contributed by atoms with Crippen molar-refractivity contribution < 1.29 is 22.9 Å². The molecule has 0 bridgehead atoms. The molecule has 0 aromatic heterocycles. The molecular formula is C16H15N3O6S. The van der Waals surface area contributed by atoms with Crippen LogP contribution >= 0.6 is 0 Å². The Hall–Kier alpha value is -2.98. The quantitative estimate of drug-likeness (QED) is 0.447. The molecule has 3 rings (SSSR count). The topological polar surface area (TPSA) is 128 Å². The summed E-state index contributed by atoms with van der Waals surface area (Å²) in [6, 6.07) is 10.9. The van der Waals surface area contributed by atoms with Crippen molar-refractivity contribution in [2.24, 2.45) is 0 Å². The maximum Gasteiger partial charge on any atom is 0.324 e. The largest absolute Gasteiger partial charge is 0.464 e. The van der Waals surface area contributed by atoms with Crippen LogP contribution < -0.4 is 10.0 Å². The Balaban J connectivity index is 1.69. The lowest BCUT2D eigenvalue weighted by Gasteiger charge is -2.11. The van der Waals surface area contributed by atoms with Gasteiger partial charge in [0, 0.05) is 29.9 Å². The van der Waals surface area contributed by atoms with E-state index in [2.05, 4.69) is 10.0 Å². The van der Waals surface area contributed by atoms with Gasteiger partial charge in [0.05, 0.1) is 16.4 Å². The van der Waals surface area contributed by atoms with E-state index < -0.39 is 27.0 Å². The van der Waals surface area contributed by atoms with E-state index in [-0.39, 0.29) is 17.2 Å². The first-order chi connectivity index (χ1) is 12.3. The Kier molecular flexibility index (Phi) is 4.87. The van der Waals surface area contributed by atoms with Gasteiger partial charge in [-0.15, -0.1) is 0 Å². The second kappa shape index (κ2) is 7.10. The van der Waals surface area contributed by atoms with Crippen molar-refractivity contribution in [2.75, 3.05) is 11.9 Å². The molecule has 10 heteroatoms. The summed E-state index contributed by atoms with van der Waals surface area (Å²) in [7, 11) is -3.83. The van der Waals surface area contributed by atoms with Gasteiger partial charge in [-0.3, -0.25) is 14.9 Å². The van der Waals surface area contributed by atoms with Gasteiger partial charge in [-0.25, -0.2) is 8.42 Å². The van der Waals surface area contributed by atoms with Gasteiger partial charge in [-0.2, -0.15) is 4.72 Å². The van der Waals surface area contributed by atoms with Crippen LogP contribution in [0.5, 0.6) is 0 Å². The zero-order valence-corrected chi connectivity index (χ0v) is 14.2. The van der Waals surface area contributed by atoms with Crippen LogP contribution in [0.2, 0.25) is 0 Å². The monoisotopic (exact) mass is 377 g/mol. The molecule has 1 aliphatic heterocycles. The van der Waals surface area contributed by atoms with Crippen LogP contribution in [-0.4, -0.2) is 32.0 Å². The van der Waals surface area contributed by atoms with Crippen LogP contribution in [0.4, 0.5) is 17.1 Å². The molecule has 2 aromatic rings. The van der Waals surface area contributed by atoms with Crippen LogP contribution in [0.15, 0.2) is 53.4 Å². The number of anilines is 2. The summed E-state index contributed by atoms with van der Waals surface area (Å²) in [5.74, 6) is -0.579. The van der Waals surface area contributed by atoms with Crippen LogP contribution in [0.3, 0.4) is 0 Å². The number of rotatable bonds is 6. The van der Waals surface area contributed by atoms with E-state index >= 15 is 0 Å². The molecule has 1 fully saturated rings. The van der Waals surface area contributed by atoms with Gasteiger partial charge in [0.15, 0.2) is 0 Å². The van der Waals surface area contributed by atoms with Gasteiger partial charge in [0.25, 0.3) is 5.69 Å². The van der Waals surface area contributed by atoms with Crippen molar-refractivity contribution in [3.63, 3.8) is 0 Å². The molecule has 0 radical (unpaired) electrons. The van der Waals surface area contributed by atoms with E-state index in [1.807, 2.05) is 0 Å². The van der Waals surface area contributed by atoms with Crippen LogP contribution in [-0.2, 0) is 19.6 Å². The zero-order valence-electron chi connectivity index (χ0n) is 13.4. The van der Waals surface area contributed by atoms with Crippen molar-refractivity contribution in [3.8, 4) is 0 Å². The lowest BCUT2D eigenvalue weighted by molar-refractivity contribution is -0.384. The Morgan fingerprint density at radius 3 is 2.12 bits per heavy atom. The van der Waals surface area contributed by atoms with Crippen molar-refractivity contribution >= 4 is 33.1 Å². The number of nitrogens with zero attached hydrogens (tertiary/aromatic N) is 1. The second-order valence-electron chi connectivity index (χ2n) is 5.58. The first-order valence-corrected chi connectivity index (χ1v) is 9.14. The summed E-state index contributed by atoms with van der Waals surface area (Å²) in [4.78, 5) is 21.6. The predicted octanol–water partition coefficient (Wildman–Crippen LogP) is 1.93. The fraction of sp³-hybridized carbons (Fsp3) is 0.188. The molecule has 0 unspecified atom stereocenters. The summed E-state index contributed by atoms with van der Waals surface area (Å²) < 4.78 is 31.7. The standard InChI is InChI=1S/C16H15N3O6S/c20-16-15(9-10-25-16)18-26(23,24)14-7-3-12(4-8-14)17-11-1-5-13(6-2-11)19(21)22/h1-8,15,17-18H,9-10H2/t15-/m0/s1. The highest BCUT2D eigenvalue weighted by Crippen LogP contribution is 2.22. The van der Waals surface area contributed by atoms with Crippen LogP contribution in [0.1, 0.15) is 6.42 Å². The maximum atomic E-state index is 12.3. The van der Waals surface area contributed by atoms with Gasteiger partial charge in [0.2, 0.25) is 10.0 Å². The number of hydrogen-bond donors (Lipinski definition) is 2. The number of non-ortho nitro benzene ring substituents is 1. The minimum Gasteiger partial charge on any atom is -0.464 e. The minimum absolute atomic E-state index is 0.0199. The van der Waals surface area contributed by atoms with Gasteiger partial charge in [-0.1, -0.05) is 0 Å². The average Bonchev–Trinajstić information content (AvgIpc) is 3.00. The highest BCUT2D eigenvalue weighted by molar-refractivity contribution is 7.89. The third-order valence-electron chi connectivity index (χ3n) is 3.76. The highest BCUT2D eigenvalue weighted by atomic mass is 32.2. The van der Waals surface area contributed by atoms with E-state index in [0.29, 0.717) is 17.8 Å². The lowest BCUT2D eigenvalue weighted by atomic mass is 10.2. The van der Waals surface area contributed by atoms with Gasteiger partial charge >= 0.3 is 5.97 Å². The molecule has 2 aromatic carbocycles. The highest BCUT2D eigenvalue weighted by Gasteiger charge is 2.31. The Morgan fingerprint density at radius 2 is 1.62 bits per heavy atom. The number of esters is 1. The molecular weight excluding hydrogens is 362 g/mol. The maximum absolute atomic E-state index is 12.3. The third kappa shape index (κ3) is 3.98. The van der Waals surface area contributed by atoms with Crippen molar-refractivity contribution in [1.29, 1.82) is 0 Å². The number of sulfonamides is 1. The summed E-state index contributed by atoms with van der Waals surface area (Å²) in [6.07, 6.45) is 0.303. The molecule has 0 amide bonds. The van der Waals surface area contributed by atoms with E-state index in [4.69, 9.17) is 4.74 Å². The van der Waals surface area contributed by atoms with Gasteiger partial charge in [-0.05, 0) is 36.4 Å². The van der Waals surface area contributed by atoms with Gasteiger partial charge < -0.3 is 10.1 Å². The number of nitro benzene ring substituents is 1. The molecule has 0 spiro atoms. The van der Waals surface area contributed by atoms with E-state index in [9.17, 15) is 23.3 Å². The minimum atomic E-state index is -3.83. The second-order valence-corrected chi connectivity index (χ2v) is 7.30. The molecule has 136 valence electrons. The smallest absolute Gasteiger partial charge is 0.324 e. The number of carbonyl (C=O) groups is 1. The normalized spacial score (nSPS) is 16.9. The molecule has 26 heavy (non-hydrogen) atoms. The number of ether oxygens (including phenoxy) is 1. The summed E-state index contributed by atoms with van der Waals surface area (Å²) in [5.41, 5.74) is 1.21. The number of nitro groups is 1. The fourth-order valence-electron chi connectivity index (χ4n) is 2.41. The molecule has 1 atom stereocenters. The summed E-state index contributed by atoms with van der Waals surface area (Å²) in [6.45, 7) is 0.199. The summed E-state index contributed by atoms with van der Waals surface area (Å²) >= 11 is 0. The average molecular weight is 377 g/mol. The predicted molar refractivity (Wildman–Crippen MR) is 92.5 cm³/mol. The number of benzene rings is 2. The number of cyclic esters (lactones) is 1. The first-order valence-electron chi connectivity index (χ1n) is 7.66. The first kappa shape index (κ1) is 17.8. The SMILES string of the molecule is O=C1OCC[C@@H]1NS(=O)(=O)c1ccc(Nc2ccc([N+](=O)[O-])cc2)cc1. The molecule has 1 aliphatic rings. The molecule has 2 N–H and O–H groups in total. The molecule has 0 saturated carbocycles. The van der Waals surface area contributed by atoms with Crippen molar-refractivity contribution in [1.82, 2.24) is 4.72 Å². The summed E-state index contributed by atoms with van der Waals surface area (Å²) in [5, 5.41) is 13.7. The molecule has 9 nitrogen and oxygen atoms in total. The Bertz CT molecular complexity index is 925. The Morgan fingerprint density at radius 1 is 1.04 bits per heavy atom. The molecule has 0 aliphatic carbocycles. The fourth-order valence-corrected chi connectivity index (χ4v) is 3.63. The van der Waals surface area contributed by atoms with Crippen molar-refractivity contribution in [3.05, 3.63) is 58.6 Å².